The van der Waals surface area contributed by atoms with Gasteiger partial charge < -0.3 is 10.2 Å². The predicted octanol–water partition coefficient (Wildman–Crippen LogP) is 2.20. The predicted molar refractivity (Wildman–Crippen MR) is 90.8 cm³/mol. The zero-order valence-electron chi connectivity index (χ0n) is 13.0. The van der Waals surface area contributed by atoms with Gasteiger partial charge >= 0.3 is 0 Å². The van der Waals surface area contributed by atoms with Gasteiger partial charge in [0.2, 0.25) is 5.91 Å². The minimum atomic E-state index is 0.113. The summed E-state index contributed by atoms with van der Waals surface area (Å²) < 4.78 is 0.930. The van der Waals surface area contributed by atoms with E-state index in [1.807, 2.05) is 12.1 Å². The summed E-state index contributed by atoms with van der Waals surface area (Å²) in [6.07, 6.45) is 4.79. The van der Waals surface area contributed by atoms with E-state index in [0.29, 0.717) is 11.9 Å². The molecule has 22 heavy (non-hydrogen) atoms. The maximum Gasteiger partial charge on any atom is 0.228 e. The number of amides is 1. The van der Waals surface area contributed by atoms with Crippen LogP contribution in [0.2, 0.25) is 0 Å². The van der Waals surface area contributed by atoms with E-state index in [0.717, 1.165) is 49.9 Å². The van der Waals surface area contributed by atoms with Gasteiger partial charge in [-0.15, -0.1) is 0 Å². The number of pyridine rings is 1. The first-order chi connectivity index (χ1) is 10.6. The number of anilines is 1. The summed E-state index contributed by atoms with van der Waals surface area (Å²) in [7, 11) is 2.17. The van der Waals surface area contributed by atoms with Gasteiger partial charge in [0.15, 0.2) is 0 Å². The first-order valence-electron chi connectivity index (χ1n) is 7.97. The summed E-state index contributed by atoms with van der Waals surface area (Å²) in [5, 5.41) is 2.95. The summed E-state index contributed by atoms with van der Waals surface area (Å²) in [5.41, 5.74) is 0. The molecule has 5 nitrogen and oxygen atoms in total. The van der Waals surface area contributed by atoms with Crippen LogP contribution in [0.1, 0.15) is 19.3 Å². The molecular weight excluding hydrogens is 344 g/mol. The molecule has 0 aromatic carbocycles. The lowest BCUT2D eigenvalue weighted by Crippen LogP contribution is -2.48. The van der Waals surface area contributed by atoms with Gasteiger partial charge in [-0.25, -0.2) is 4.98 Å². The van der Waals surface area contributed by atoms with E-state index in [1.165, 1.54) is 0 Å². The Morgan fingerprint density at radius 2 is 2.09 bits per heavy atom. The Labute approximate surface area is 140 Å². The molecule has 1 aromatic rings. The zero-order valence-corrected chi connectivity index (χ0v) is 14.6. The molecule has 3 rings (SSSR count). The van der Waals surface area contributed by atoms with Crippen LogP contribution in [0.3, 0.4) is 0 Å². The van der Waals surface area contributed by atoms with Crippen LogP contribution < -0.4 is 5.32 Å². The van der Waals surface area contributed by atoms with Crippen LogP contribution in [0.15, 0.2) is 22.8 Å². The van der Waals surface area contributed by atoms with Crippen LogP contribution in [0, 0.1) is 5.92 Å². The highest BCUT2D eigenvalue weighted by molar-refractivity contribution is 9.10. The number of likely N-dealkylation sites (N-methyl/N-ethyl adjacent to an activating group) is 1. The number of nitrogens with zero attached hydrogens (tertiary/aromatic N) is 3. The molecule has 1 saturated carbocycles. The van der Waals surface area contributed by atoms with Crippen LogP contribution in [-0.4, -0.2) is 60.0 Å². The molecule has 0 radical (unpaired) electrons. The number of halogens is 1. The second kappa shape index (κ2) is 7.06. The molecule has 1 aromatic heterocycles. The molecule has 1 N–H and O–H groups in total. The Kier molecular flexibility index (Phi) is 5.10. The number of hydrogen-bond donors (Lipinski definition) is 1. The third-order valence-corrected chi connectivity index (χ3v) is 5.30. The van der Waals surface area contributed by atoms with E-state index in [2.05, 4.69) is 43.1 Å². The van der Waals surface area contributed by atoms with Gasteiger partial charge in [-0.2, -0.15) is 0 Å². The van der Waals surface area contributed by atoms with Gasteiger partial charge in [0.05, 0.1) is 0 Å². The number of carbonyl (C=O) groups excluding carboxylic acids is 1. The van der Waals surface area contributed by atoms with Crippen molar-refractivity contribution in [1.82, 2.24) is 14.8 Å². The second-order valence-corrected chi connectivity index (χ2v) is 7.27. The average Bonchev–Trinajstić information content (AvgIpc) is 2.98. The number of aromatic nitrogens is 1. The van der Waals surface area contributed by atoms with Crippen molar-refractivity contribution in [3.63, 3.8) is 0 Å². The van der Waals surface area contributed by atoms with Crippen LogP contribution in [0.4, 0.5) is 5.82 Å². The lowest BCUT2D eigenvalue weighted by Gasteiger charge is -2.36. The van der Waals surface area contributed by atoms with Crippen molar-refractivity contribution in [2.75, 3.05) is 38.5 Å². The third kappa shape index (κ3) is 3.86. The van der Waals surface area contributed by atoms with Gasteiger partial charge in [0.1, 0.15) is 5.82 Å². The fourth-order valence-electron chi connectivity index (χ4n) is 3.42. The number of rotatable bonds is 3. The summed E-state index contributed by atoms with van der Waals surface area (Å²) in [6, 6.07) is 4.26. The normalized spacial score (nSPS) is 27.0. The topological polar surface area (TPSA) is 48.5 Å². The second-order valence-electron chi connectivity index (χ2n) is 6.35. The average molecular weight is 367 g/mol. The highest BCUT2D eigenvalue weighted by Gasteiger charge is 2.34. The Morgan fingerprint density at radius 1 is 1.32 bits per heavy atom. The lowest BCUT2D eigenvalue weighted by atomic mass is 10.1. The monoisotopic (exact) mass is 366 g/mol. The lowest BCUT2D eigenvalue weighted by molar-refractivity contribution is -0.119. The Hall–Kier alpha value is -0.980. The highest BCUT2D eigenvalue weighted by atomic mass is 79.9. The summed E-state index contributed by atoms with van der Waals surface area (Å²) in [6.45, 7) is 4.52. The standard InChI is InChI=1S/C16H23BrN4O/c1-20-6-8-21(9-7-20)14-3-2-12(10-14)16(22)19-15-11-13(17)4-5-18-15/h4-5,11-12,14H,2-3,6-10H2,1H3,(H,18,19,22). The fraction of sp³-hybridized carbons (Fsp3) is 0.625. The van der Waals surface area contributed by atoms with Crippen molar-refractivity contribution in [3.8, 4) is 0 Å². The van der Waals surface area contributed by atoms with Crippen LogP contribution in [-0.2, 0) is 4.79 Å². The van der Waals surface area contributed by atoms with Gasteiger partial charge in [0.25, 0.3) is 0 Å². The summed E-state index contributed by atoms with van der Waals surface area (Å²) in [5.74, 6) is 0.857. The SMILES string of the molecule is CN1CCN(C2CCC(C(=O)Nc3cc(Br)ccn3)C2)CC1. The number of carbonyl (C=O) groups is 1. The molecule has 2 fully saturated rings. The molecule has 0 spiro atoms. The fourth-order valence-corrected chi connectivity index (χ4v) is 3.75. The van der Waals surface area contributed by atoms with Gasteiger partial charge in [-0.05, 0) is 38.4 Å². The van der Waals surface area contributed by atoms with E-state index in [9.17, 15) is 4.79 Å². The minimum absolute atomic E-state index is 0.113. The number of hydrogen-bond acceptors (Lipinski definition) is 4. The number of nitrogens with one attached hydrogen (secondary N) is 1. The van der Waals surface area contributed by atoms with Gasteiger partial charge in [-0.1, -0.05) is 15.9 Å². The van der Waals surface area contributed by atoms with Crippen molar-refractivity contribution >= 4 is 27.7 Å². The van der Waals surface area contributed by atoms with Crippen molar-refractivity contribution in [3.05, 3.63) is 22.8 Å². The quantitative estimate of drug-likeness (QED) is 0.890. The molecule has 1 aliphatic carbocycles. The largest absolute Gasteiger partial charge is 0.310 e. The van der Waals surface area contributed by atoms with Crippen molar-refractivity contribution in [2.45, 2.75) is 25.3 Å². The first kappa shape index (κ1) is 15.9. The molecular formula is C16H23BrN4O. The zero-order chi connectivity index (χ0) is 15.5. The molecule has 2 aliphatic rings. The van der Waals surface area contributed by atoms with Crippen LogP contribution in [0.5, 0.6) is 0 Å². The van der Waals surface area contributed by atoms with Crippen molar-refractivity contribution in [1.29, 1.82) is 0 Å². The Morgan fingerprint density at radius 3 is 2.82 bits per heavy atom. The summed E-state index contributed by atoms with van der Waals surface area (Å²) >= 11 is 3.40. The van der Waals surface area contributed by atoms with Gasteiger partial charge in [-0.3, -0.25) is 9.69 Å². The van der Waals surface area contributed by atoms with E-state index < -0.39 is 0 Å². The highest BCUT2D eigenvalue weighted by Crippen LogP contribution is 2.31. The Balaban J connectivity index is 1.52. The first-order valence-corrected chi connectivity index (χ1v) is 8.76. The molecule has 0 bridgehead atoms. The van der Waals surface area contributed by atoms with Gasteiger partial charge in [0, 0.05) is 48.8 Å². The summed E-state index contributed by atoms with van der Waals surface area (Å²) in [4.78, 5) is 21.5. The van der Waals surface area contributed by atoms with E-state index in [-0.39, 0.29) is 11.8 Å². The number of piperazine rings is 1. The molecule has 2 unspecified atom stereocenters. The molecule has 1 aliphatic heterocycles. The maximum atomic E-state index is 12.4. The maximum absolute atomic E-state index is 12.4. The molecule has 1 amide bonds. The van der Waals surface area contributed by atoms with Crippen molar-refractivity contribution < 1.29 is 4.79 Å². The van der Waals surface area contributed by atoms with Crippen LogP contribution >= 0.6 is 15.9 Å². The van der Waals surface area contributed by atoms with E-state index >= 15 is 0 Å². The molecule has 120 valence electrons. The molecule has 2 heterocycles. The minimum Gasteiger partial charge on any atom is -0.310 e. The molecule has 2 atom stereocenters. The smallest absolute Gasteiger partial charge is 0.228 e. The van der Waals surface area contributed by atoms with E-state index in [4.69, 9.17) is 0 Å². The third-order valence-electron chi connectivity index (χ3n) is 4.80. The Bertz CT molecular complexity index is 531. The molecule has 1 saturated heterocycles. The van der Waals surface area contributed by atoms with Crippen LogP contribution in [0.25, 0.3) is 0 Å². The molecule has 6 heteroatoms. The van der Waals surface area contributed by atoms with Crippen molar-refractivity contribution in [2.24, 2.45) is 5.92 Å². The van der Waals surface area contributed by atoms with E-state index in [1.54, 1.807) is 6.20 Å².